The van der Waals surface area contributed by atoms with Crippen LogP contribution in [0.2, 0.25) is 0 Å². The van der Waals surface area contributed by atoms with E-state index in [-0.39, 0.29) is 29.9 Å². The third-order valence-electron chi connectivity index (χ3n) is 4.11. The Balaban J connectivity index is 1.33. The van der Waals surface area contributed by atoms with Crippen LogP contribution in [-0.4, -0.2) is 21.8 Å². The normalized spacial score (nSPS) is 10.7. The van der Waals surface area contributed by atoms with E-state index in [1.807, 2.05) is 0 Å². The maximum absolute atomic E-state index is 12.9. The number of nitrogens with zero attached hydrogens (tertiary/aromatic N) is 2. The van der Waals surface area contributed by atoms with Gasteiger partial charge in [-0.2, -0.15) is 0 Å². The van der Waals surface area contributed by atoms with Gasteiger partial charge in [-0.25, -0.2) is 14.4 Å². The van der Waals surface area contributed by atoms with Crippen LogP contribution in [0.15, 0.2) is 51.6 Å². The average Bonchev–Trinajstić information content (AvgIpc) is 3.52. The molecule has 8 nitrogen and oxygen atoms in total. The highest BCUT2D eigenvalue weighted by atomic mass is 32.1. The van der Waals surface area contributed by atoms with Crippen LogP contribution in [0.25, 0.3) is 11.5 Å². The molecular formula is C21H17FN4O4S2. The van der Waals surface area contributed by atoms with Crippen LogP contribution in [0.3, 0.4) is 0 Å². The fourth-order valence-electron chi connectivity index (χ4n) is 2.59. The maximum atomic E-state index is 12.9. The van der Waals surface area contributed by atoms with Gasteiger partial charge in [0.25, 0.3) is 5.91 Å². The Kier molecular flexibility index (Phi) is 6.57. The van der Waals surface area contributed by atoms with Gasteiger partial charge in [-0.1, -0.05) is 0 Å². The second-order valence-electron chi connectivity index (χ2n) is 6.54. The highest BCUT2D eigenvalue weighted by molar-refractivity contribution is 7.14. The number of hydrogen-bond acceptors (Lipinski definition) is 8. The zero-order valence-electron chi connectivity index (χ0n) is 16.8. The largest absolute Gasteiger partial charge is 0.486 e. The number of carbonyl (C=O) groups is 2. The minimum absolute atomic E-state index is 0.145. The number of carbonyl (C=O) groups excluding carboxylic acids is 2. The summed E-state index contributed by atoms with van der Waals surface area (Å²) in [5.41, 5.74) is 0.825. The summed E-state index contributed by atoms with van der Waals surface area (Å²) in [6.45, 7) is 1.90. The Morgan fingerprint density at radius 1 is 1.09 bits per heavy atom. The number of anilines is 1. The predicted molar refractivity (Wildman–Crippen MR) is 118 cm³/mol. The van der Waals surface area contributed by atoms with Crippen LogP contribution in [0.1, 0.15) is 28.2 Å². The molecule has 11 heteroatoms. The first-order valence-electron chi connectivity index (χ1n) is 9.39. The molecule has 0 saturated carbocycles. The lowest BCUT2D eigenvalue weighted by atomic mass is 10.3. The zero-order valence-corrected chi connectivity index (χ0v) is 18.4. The minimum Gasteiger partial charge on any atom is -0.486 e. The first-order chi connectivity index (χ1) is 15.5. The highest BCUT2D eigenvalue weighted by Gasteiger charge is 2.15. The number of benzene rings is 1. The fourth-order valence-corrected chi connectivity index (χ4v) is 3.97. The molecule has 0 saturated heterocycles. The number of nitrogens with one attached hydrogen (secondary N) is 2. The number of furan rings is 1. The molecule has 4 aromatic rings. The quantitative estimate of drug-likeness (QED) is 0.392. The molecule has 0 aliphatic carbocycles. The van der Waals surface area contributed by atoms with E-state index in [1.54, 1.807) is 22.9 Å². The van der Waals surface area contributed by atoms with Crippen LogP contribution >= 0.6 is 22.7 Å². The second kappa shape index (κ2) is 9.71. The number of halogens is 1. The van der Waals surface area contributed by atoms with Crippen LogP contribution in [0, 0.1) is 5.82 Å². The molecule has 0 radical (unpaired) electrons. The Morgan fingerprint density at radius 3 is 2.69 bits per heavy atom. The second-order valence-corrected chi connectivity index (χ2v) is 8.34. The molecule has 0 aliphatic rings. The van der Waals surface area contributed by atoms with Gasteiger partial charge >= 0.3 is 0 Å². The van der Waals surface area contributed by atoms with Gasteiger partial charge in [0.1, 0.15) is 40.3 Å². The summed E-state index contributed by atoms with van der Waals surface area (Å²) in [5.74, 6) is 0.784. The van der Waals surface area contributed by atoms with Crippen molar-refractivity contribution >= 4 is 39.6 Å². The summed E-state index contributed by atoms with van der Waals surface area (Å²) in [5, 5.41) is 9.79. The van der Waals surface area contributed by atoms with Crippen molar-refractivity contribution in [2.45, 2.75) is 20.1 Å². The molecule has 0 bridgehead atoms. The molecule has 3 aromatic heterocycles. The Bertz CT molecular complexity index is 1230. The molecule has 32 heavy (non-hydrogen) atoms. The van der Waals surface area contributed by atoms with E-state index >= 15 is 0 Å². The molecule has 164 valence electrons. The summed E-state index contributed by atoms with van der Waals surface area (Å²) in [4.78, 5) is 32.1. The van der Waals surface area contributed by atoms with Crippen molar-refractivity contribution in [3.63, 3.8) is 0 Å². The van der Waals surface area contributed by atoms with E-state index < -0.39 is 0 Å². The van der Waals surface area contributed by atoms with Gasteiger partial charge in [-0.05, 0) is 36.4 Å². The van der Waals surface area contributed by atoms with E-state index in [2.05, 4.69) is 20.6 Å². The fraction of sp³-hybridized carbons (Fsp3) is 0.143. The van der Waals surface area contributed by atoms with Crippen LogP contribution in [0.4, 0.5) is 9.52 Å². The van der Waals surface area contributed by atoms with E-state index in [0.29, 0.717) is 39.6 Å². The first-order valence-corrected chi connectivity index (χ1v) is 11.2. The molecule has 1 aromatic carbocycles. The number of amides is 2. The minimum atomic E-state index is -0.388. The predicted octanol–water partition coefficient (Wildman–Crippen LogP) is 4.47. The lowest BCUT2D eigenvalue weighted by molar-refractivity contribution is -0.119. The maximum Gasteiger partial charge on any atom is 0.276 e. The van der Waals surface area contributed by atoms with Gasteiger partial charge in [0.05, 0.1) is 6.54 Å². The number of rotatable bonds is 8. The standard InChI is InChI=1S/C21H17FN4O4S2/c1-12(27)23-8-15-6-7-18(30-15)16-10-32-21(25-16)26-20(28)17-11-31-19(24-17)9-29-14-4-2-13(22)3-5-14/h2-7,10-11H,8-9H2,1H3,(H,23,27)(H,25,26,28). The van der Waals surface area contributed by atoms with Crippen molar-refractivity contribution in [1.82, 2.24) is 15.3 Å². The summed E-state index contributed by atoms with van der Waals surface area (Å²) >= 11 is 2.55. The SMILES string of the molecule is CC(=O)NCc1ccc(-c2csc(NC(=O)c3csc(COc4ccc(F)cc4)n3)n2)o1. The van der Waals surface area contributed by atoms with E-state index in [9.17, 15) is 14.0 Å². The third-order valence-corrected chi connectivity index (χ3v) is 5.69. The van der Waals surface area contributed by atoms with Crippen molar-refractivity contribution in [3.05, 3.63) is 69.4 Å². The van der Waals surface area contributed by atoms with E-state index in [0.717, 1.165) is 0 Å². The molecular weight excluding hydrogens is 455 g/mol. The lowest BCUT2D eigenvalue weighted by Crippen LogP contribution is -2.18. The lowest BCUT2D eigenvalue weighted by Gasteiger charge is -2.03. The number of aromatic nitrogens is 2. The number of hydrogen-bond donors (Lipinski definition) is 2. The Morgan fingerprint density at radius 2 is 1.91 bits per heavy atom. The van der Waals surface area contributed by atoms with Crippen molar-refractivity contribution < 1.29 is 23.1 Å². The van der Waals surface area contributed by atoms with Gasteiger partial charge < -0.3 is 14.5 Å². The van der Waals surface area contributed by atoms with Crippen LogP contribution < -0.4 is 15.4 Å². The van der Waals surface area contributed by atoms with Crippen molar-refractivity contribution in [2.75, 3.05) is 5.32 Å². The molecule has 2 N–H and O–H groups in total. The summed E-state index contributed by atoms with van der Waals surface area (Å²) in [6, 6.07) is 9.19. The monoisotopic (exact) mass is 472 g/mol. The smallest absolute Gasteiger partial charge is 0.276 e. The zero-order chi connectivity index (χ0) is 22.5. The molecule has 3 heterocycles. The highest BCUT2D eigenvalue weighted by Crippen LogP contribution is 2.27. The Labute approximate surface area is 190 Å². The van der Waals surface area contributed by atoms with E-state index in [1.165, 1.54) is 53.9 Å². The van der Waals surface area contributed by atoms with Crippen molar-refractivity contribution in [2.24, 2.45) is 0 Å². The van der Waals surface area contributed by atoms with Gasteiger partial charge in [-0.3, -0.25) is 14.9 Å². The third kappa shape index (κ3) is 5.56. The molecule has 2 amide bonds. The Hall–Kier alpha value is -3.57. The molecule has 4 rings (SSSR count). The van der Waals surface area contributed by atoms with Crippen LogP contribution in [0.5, 0.6) is 5.75 Å². The first kappa shape index (κ1) is 21.7. The molecule has 0 spiro atoms. The van der Waals surface area contributed by atoms with Gasteiger partial charge in [-0.15, -0.1) is 22.7 Å². The van der Waals surface area contributed by atoms with Crippen LogP contribution in [-0.2, 0) is 17.9 Å². The number of ether oxygens (including phenoxy) is 1. The van der Waals surface area contributed by atoms with Crippen molar-refractivity contribution in [1.29, 1.82) is 0 Å². The van der Waals surface area contributed by atoms with Crippen molar-refractivity contribution in [3.8, 4) is 17.2 Å². The summed E-state index contributed by atoms with van der Waals surface area (Å²) < 4.78 is 24.2. The van der Waals surface area contributed by atoms with Gasteiger partial charge in [0.15, 0.2) is 10.9 Å². The molecule has 0 fully saturated rings. The topological polar surface area (TPSA) is 106 Å². The summed E-state index contributed by atoms with van der Waals surface area (Å²) in [7, 11) is 0. The summed E-state index contributed by atoms with van der Waals surface area (Å²) in [6.07, 6.45) is 0. The molecule has 0 unspecified atom stereocenters. The van der Waals surface area contributed by atoms with Gasteiger partial charge in [0, 0.05) is 17.7 Å². The van der Waals surface area contributed by atoms with E-state index in [4.69, 9.17) is 9.15 Å². The molecule has 0 atom stereocenters. The number of thiazole rings is 2. The molecule has 0 aliphatic heterocycles. The average molecular weight is 473 g/mol. The van der Waals surface area contributed by atoms with Gasteiger partial charge in [0.2, 0.25) is 5.91 Å².